The molecule has 2 aliphatic rings. The fraction of sp³-hybridized carbons (Fsp3) is 0.400. The number of amides is 1. The molecule has 216 valence electrons. The van der Waals surface area contributed by atoms with E-state index in [-0.39, 0.29) is 0 Å². The fourth-order valence-corrected chi connectivity index (χ4v) is 5.81. The fourth-order valence-electron chi connectivity index (χ4n) is 5.53. The average molecular weight is 579 g/mol. The van der Waals surface area contributed by atoms with Gasteiger partial charge in [0.2, 0.25) is 5.91 Å². The maximum absolute atomic E-state index is 11.9. The molecule has 1 saturated heterocycles. The lowest BCUT2D eigenvalue weighted by Crippen LogP contribution is -2.36. The minimum absolute atomic E-state index is 0.321. The van der Waals surface area contributed by atoms with Crippen LogP contribution >= 0.6 is 11.6 Å². The number of aliphatic carboxylic acids is 1. The second-order valence-corrected chi connectivity index (χ2v) is 10.9. The first-order valence-electron chi connectivity index (χ1n) is 13.8. The molecule has 11 heteroatoms. The lowest BCUT2D eigenvalue weighted by molar-refractivity contribution is -0.131. The Balaban J connectivity index is 1.39. The van der Waals surface area contributed by atoms with Crippen LogP contribution in [0, 0.1) is 0 Å². The molecule has 5 rings (SSSR count). The van der Waals surface area contributed by atoms with Gasteiger partial charge in [-0.1, -0.05) is 35.9 Å². The summed E-state index contributed by atoms with van der Waals surface area (Å²) in [5.74, 6) is -0.851. The smallest absolute Gasteiger partial charge is 0.328 e. The zero-order chi connectivity index (χ0) is 28.9. The lowest BCUT2D eigenvalue weighted by Gasteiger charge is -2.33. The summed E-state index contributed by atoms with van der Waals surface area (Å²) in [6.45, 7) is 3.73. The molecule has 2 N–H and O–H groups in total. The number of likely N-dealkylation sites (tertiary alicyclic amines) is 1. The Bertz CT molecular complexity index is 1460. The Morgan fingerprint density at radius 3 is 2.76 bits per heavy atom. The highest BCUT2D eigenvalue weighted by Gasteiger charge is 2.27. The second-order valence-electron chi connectivity index (χ2n) is 10.5. The topological polar surface area (TPSA) is 111 Å². The van der Waals surface area contributed by atoms with Crippen molar-refractivity contribution in [1.29, 1.82) is 0 Å². The van der Waals surface area contributed by atoms with Gasteiger partial charge in [0.15, 0.2) is 0 Å². The molecule has 1 fully saturated rings. The number of halogens is 1. The number of aromatic nitrogens is 2. The number of carbonyl (C=O) groups is 2. The Kier molecular flexibility index (Phi) is 8.90. The Hall–Kier alpha value is -3.89. The molecule has 1 amide bonds. The van der Waals surface area contributed by atoms with Crippen LogP contribution in [0.25, 0.3) is 10.8 Å². The van der Waals surface area contributed by atoms with Gasteiger partial charge in [-0.3, -0.25) is 4.79 Å². The van der Waals surface area contributed by atoms with Crippen LogP contribution in [-0.4, -0.2) is 84.8 Å². The van der Waals surface area contributed by atoms with Crippen LogP contribution in [-0.2, 0) is 22.6 Å². The molecule has 3 heterocycles. The minimum Gasteiger partial charge on any atom is -0.478 e. The number of carboxylic acid groups (broad SMARTS) is 1. The van der Waals surface area contributed by atoms with Gasteiger partial charge < -0.3 is 29.9 Å². The lowest BCUT2D eigenvalue weighted by atomic mass is 10.0. The number of carboxylic acids is 1. The van der Waals surface area contributed by atoms with E-state index in [0.717, 1.165) is 83.1 Å². The van der Waals surface area contributed by atoms with E-state index in [9.17, 15) is 9.59 Å². The average Bonchev–Trinajstić information content (AvgIpc) is 3.38. The van der Waals surface area contributed by atoms with Crippen molar-refractivity contribution >= 4 is 45.8 Å². The van der Waals surface area contributed by atoms with Crippen LogP contribution in [0.2, 0.25) is 5.02 Å². The van der Waals surface area contributed by atoms with Crippen LogP contribution in [0.5, 0.6) is 6.01 Å². The highest BCUT2D eigenvalue weighted by Crippen LogP contribution is 2.36. The highest BCUT2D eigenvalue weighted by molar-refractivity contribution is 6.36. The molecule has 10 nitrogen and oxygen atoms in total. The monoisotopic (exact) mass is 578 g/mol. The number of hydrogen-bond acceptors (Lipinski definition) is 8. The molecule has 41 heavy (non-hydrogen) atoms. The normalized spacial score (nSPS) is 17.1. The van der Waals surface area contributed by atoms with Gasteiger partial charge in [0.25, 0.3) is 0 Å². The molecule has 0 bridgehead atoms. The van der Waals surface area contributed by atoms with Crippen LogP contribution in [0.4, 0.5) is 11.5 Å². The van der Waals surface area contributed by atoms with Gasteiger partial charge in [-0.15, -0.1) is 0 Å². The van der Waals surface area contributed by atoms with Crippen molar-refractivity contribution in [3.63, 3.8) is 0 Å². The molecule has 0 unspecified atom stereocenters. The van der Waals surface area contributed by atoms with Gasteiger partial charge in [-0.2, -0.15) is 9.97 Å². The molecule has 2 aliphatic heterocycles. The number of nitrogens with one attached hydrogen (secondary N) is 1. The van der Waals surface area contributed by atoms with E-state index in [4.69, 9.17) is 31.4 Å². The molecule has 0 aliphatic carbocycles. The SMILES string of the molecule is CN(CCNC(=O)/C=C/C(=O)O)c1nc(OC[C@@H]2CCCN2C)nc2c1CCN(c1cccc3cccc(Cl)c13)C2. The van der Waals surface area contributed by atoms with Crippen molar-refractivity contribution < 1.29 is 19.4 Å². The van der Waals surface area contributed by atoms with Crippen molar-refractivity contribution in [2.75, 3.05) is 56.7 Å². The van der Waals surface area contributed by atoms with Crippen molar-refractivity contribution in [3.05, 3.63) is 64.8 Å². The maximum atomic E-state index is 11.9. The predicted molar refractivity (Wildman–Crippen MR) is 160 cm³/mol. The number of rotatable bonds is 10. The van der Waals surface area contributed by atoms with Gasteiger partial charge in [-0.05, 0) is 50.4 Å². The van der Waals surface area contributed by atoms with Gasteiger partial charge in [-0.25, -0.2) is 4.79 Å². The first kappa shape index (κ1) is 28.6. The van der Waals surface area contributed by atoms with Crippen molar-refractivity contribution in [1.82, 2.24) is 20.2 Å². The van der Waals surface area contributed by atoms with E-state index in [1.54, 1.807) is 0 Å². The molecule has 2 aromatic carbocycles. The summed E-state index contributed by atoms with van der Waals surface area (Å²) in [5, 5.41) is 14.3. The number of nitrogens with zero attached hydrogens (tertiary/aromatic N) is 5. The Morgan fingerprint density at radius 2 is 2.00 bits per heavy atom. The maximum Gasteiger partial charge on any atom is 0.328 e. The van der Waals surface area contributed by atoms with Crippen molar-refractivity contribution in [2.24, 2.45) is 0 Å². The molecular formula is C30H35ClN6O4. The van der Waals surface area contributed by atoms with Crippen LogP contribution in [0.1, 0.15) is 24.1 Å². The quantitative estimate of drug-likeness (QED) is 0.349. The summed E-state index contributed by atoms with van der Waals surface area (Å²) in [6.07, 6.45) is 4.80. The van der Waals surface area contributed by atoms with Crippen LogP contribution in [0.15, 0.2) is 48.6 Å². The summed E-state index contributed by atoms with van der Waals surface area (Å²) < 4.78 is 6.18. The number of benzene rings is 2. The summed E-state index contributed by atoms with van der Waals surface area (Å²) >= 11 is 6.65. The van der Waals surface area contributed by atoms with E-state index in [0.29, 0.717) is 38.3 Å². The van der Waals surface area contributed by atoms with Crippen molar-refractivity contribution in [3.8, 4) is 6.01 Å². The molecule has 3 aromatic rings. The Labute approximate surface area is 244 Å². The number of likely N-dealkylation sites (N-methyl/N-ethyl adjacent to an activating group) is 2. The molecule has 0 radical (unpaired) electrons. The van der Waals surface area contributed by atoms with Crippen LogP contribution < -0.4 is 19.9 Å². The summed E-state index contributed by atoms with van der Waals surface area (Å²) in [5.41, 5.74) is 3.03. The van der Waals surface area contributed by atoms with E-state index in [1.807, 2.05) is 24.1 Å². The third-order valence-corrected chi connectivity index (χ3v) is 8.07. The standard InChI is InChI=1S/C30H35ClN6O4/c1-35-15-5-8-21(35)19-41-30-33-24-18-37(25-10-4-7-20-6-3-9-23(31)28(20)25)16-13-22(24)29(34-30)36(2)17-14-32-26(38)11-12-27(39)40/h3-4,6-7,9-12,21H,5,8,13-19H2,1-2H3,(H,32,38)(H,39,40)/b12-11+/t21-/m0/s1. The largest absolute Gasteiger partial charge is 0.478 e. The zero-order valence-corrected chi connectivity index (χ0v) is 24.1. The summed E-state index contributed by atoms with van der Waals surface area (Å²) in [6, 6.07) is 12.8. The highest BCUT2D eigenvalue weighted by atomic mass is 35.5. The molecule has 1 atom stereocenters. The zero-order valence-electron chi connectivity index (χ0n) is 23.3. The first-order chi connectivity index (χ1) is 19.8. The van der Waals surface area contributed by atoms with Crippen molar-refractivity contribution in [2.45, 2.75) is 31.8 Å². The van der Waals surface area contributed by atoms with Crippen LogP contribution in [0.3, 0.4) is 0 Å². The van der Waals surface area contributed by atoms with Gasteiger partial charge >= 0.3 is 12.0 Å². The van der Waals surface area contributed by atoms with E-state index in [1.165, 1.54) is 0 Å². The number of fused-ring (bicyclic) bond motifs is 2. The van der Waals surface area contributed by atoms with E-state index >= 15 is 0 Å². The van der Waals surface area contributed by atoms with E-state index in [2.05, 4.69) is 46.4 Å². The molecule has 0 spiro atoms. The third kappa shape index (κ3) is 6.71. The first-order valence-corrected chi connectivity index (χ1v) is 14.2. The number of anilines is 2. The number of carbonyl (C=O) groups excluding carboxylic acids is 1. The molecule has 1 aromatic heterocycles. The Morgan fingerprint density at radius 1 is 1.20 bits per heavy atom. The molecule has 0 saturated carbocycles. The third-order valence-electron chi connectivity index (χ3n) is 7.76. The predicted octanol–water partition coefficient (Wildman–Crippen LogP) is 3.51. The summed E-state index contributed by atoms with van der Waals surface area (Å²) in [4.78, 5) is 38.9. The number of ether oxygens (including phenoxy) is 1. The molecular weight excluding hydrogens is 544 g/mol. The van der Waals surface area contributed by atoms with Gasteiger partial charge in [0.1, 0.15) is 12.4 Å². The van der Waals surface area contributed by atoms with E-state index < -0.39 is 11.9 Å². The van der Waals surface area contributed by atoms with Gasteiger partial charge in [0, 0.05) is 61.5 Å². The van der Waals surface area contributed by atoms with Gasteiger partial charge in [0.05, 0.1) is 17.3 Å². The minimum atomic E-state index is -1.17. The number of hydrogen-bond donors (Lipinski definition) is 2. The second kappa shape index (κ2) is 12.7. The summed E-state index contributed by atoms with van der Waals surface area (Å²) in [7, 11) is 4.04.